The molecule has 1 N–H and O–H groups in total. The molecule has 4 heteroatoms. The minimum absolute atomic E-state index is 0.240. The zero-order valence-electron chi connectivity index (χ0n) is 14.8. The molecular weight excluding hydrogens is 308 g/mol. The van der Waals surface area contributed by atoms with Crippen LogP contribution in [0.3, 0.4) is 0 Å². The molecule has 3 heterocycles. The van der Waals surface area contributed by atoms with E-state index >= 15 is 0 Å². The van der Waals surface area contributed by atoms with E-state index in [1.165, 1.54) is 22.4 Å². The van der Waals surface area contributed by atoms with Gasteiger partial charge in [0.2, 0.25) is 0 Å². The van der Waals surface area contributed by atoms with Crippen LogP contribution in [0.4, 0.5) is 0 Å². The van der Waals surface area contributed by atoms with Gasteiger partial charge in [0, 0.05) is 31.2 Å². The lowest BCUT2D eigenvalue weighted by Crippen LogP contribution is -2.35. The second kappa shape index (κ2) is 6.81. The molecule has 1 aromatic carbocycles. The molecule has 0 amide bonds. The number of H-pyrrole nitrogens is 1. The molecule has 0 aliphatic carbocycles. The van der Waals surface area contributed by atoms with Crippen LogP contribution < -0.4 is 0 Å². The Kier molecular flexibility index (Phi) is 4.36. The molecule has 128 valence electrons. The van der Waals surface area contributed by atoms with Crippen molar-refractivity contribution in [3.63, 3.8) is 0 Å². The summed E-state index contributed by atoms with van der Waals surface area (Å²) < 4.78 is 0. The van der Waals surface area contributed by atoms with Crippen LogP contribution in [0.15, 0.2) is 54.9 Å². The van der Waals surface area contributed by atoms with E-state index in [1.54, 1.807) is 0 Å². The molecule has 0 saturated heterocycles. The molecule has 0 spiro atoms. The third-order valence-electron chi connectivity index (χ3n) is 5.00. The van der Waals surface area contributed by atoms with Crippen molar-refractivity contribution < 1.29 is 0 Å². The van der Waals surface area contributed by atoms with Gasteiger partial charge in [-0.25, -0.2) is 0 Å². The topological polar surface area (TPSA) is 44.8 Å². The first-order valence-electron chi connectivity index (χ1n) is 8.98. The Morgan fingerprint density at radius 1 is 1.20 bits per heavy atom. The number of aromatic amines is 1. The molecule has 4 nitrogen and oxygen atoms in total. The first-order valence-corrected chi connectivity index (χ1v) is 8.98. The van der Waals surface area contributed by atoms with Gasteiger partial charge in [0.05, 0.1) is 11.7 Å². The highest BCUT2D eigenvalue weighted by atomic mass is 15.2. The van der Waals surface area contributed by atoms with Crippen LogP contribution in [0.5, 0.6) is 0 Å². The first kappa shape index (κ1) is 16.0. The fourth-order valence-electron chi connectivity index (χ4n) is 3.69. The molecule has 0 radical (unpaired) electrons. The number of fused-ring (bicyclic) bond motifs is 1. The van der Waals surface area contributed by atoms with E-state index in [2.05, 4.69) is 70.3 Å². The van der Waals surface area contributed by atoms with Crippen LogP contribution >= 0.6 is 0 Å². The minimum atomic E-state index is 0.240. The normalized spacial score (nSPS) is 17.6. The zero-order valence-corrected chi connectivity index (χ0v) is 14.8. The lowest BCUT2D eigenvalue weighted by molar-refractivity contribution is 0.202. The highest BCUT2D eigenvalue weighted by Crippen LogP contribution is 2.35. The predicted molar refractivity (Wildman–Crippen MR) is 99.3 cm³/mol. The molecule has 3 aromatic rings. The standard InChI is InChI=1S/C21H24N4/c1-15(2)20-12-18(23-24-20)14-25-11-9-16-6-3-4-8-19(16)21(25)17-7-5-10-22-13-17/h3-8,10,12-13,15,21H,9,11,14H2,1-2H3,(H,23,24). The molecule has 1 unspecified atom stereocenters. The van der Waals surface area contributed by atoms with Gasteiger partial charge in [-0.15, -0.1) is 0 Å². The van der Waals surface area contributed by atoms with Crippen molar-refractivity contribution in [1.29, 1.82) is 0 Å². The van der Waals surface area contributed by atoms with E-state index in [9.17, 15) is 0 Å². The van der Waals surface area contributed by atoms with Crippen LogP contribution in [-0.2, 0) is 13.0 Å². The monoisotopic (exact) mass is 332 g/mol. The molecule has 0 fully saturated rings. The summed E-state index contributed by atoms with van der Waals surface area (Å²) in [7, 11) is 0. The van der Waals surface area contributed by atoms with E-state index in [1.807, 2.05) is 18.5 Å². The van der Waals surface area contributed by atoms with E-state index in [0.29, 0.717) is 5.92 Å². The zero-order chi connectivity index (χ0) is 17.2. The summed E-state index contributed by atoms with van der Waals surface area (Å²) in [6.45, 7) is 6.26. The Morgan fingerprint density at radius 3 is 2.84 bits per heavy atom. The quantitative estimate of drug-likeness (QED) is 0.783. The van der Waals surface area contributed by atoms with Gasteiger partial charge in [-0.05, 0) is 41.2 Å². The van der Waals surface area contributed by atoms with Gasteiger partial charge >= 0.3 is 0 Å². The molecule has 1 aliphatic rings. The largest absolute Gasteiger partial charge is 0.286 e. The first-order chi connectivity index (χ1) is 12.2. The Balaban J connectivity index is 1.68. The molecule has 25 heavy (non-hydrogen) atoms. The van der Waals surface area contributed by atoms with Gasteiger partial charge in [0.1, 0.15) is 0 Å². The smallest absolute Gasteiger partial charge is 0.0650 e. The lowest BCUT2D eigenvalue weighted by atomic mass is 9.88. The average molecular weight is 332 g/mol. The summed E-state index contributed by atoms with van der Waals surface area (Å²) in [6.07, 6.45) is 4.91. The molecule has 4 rings (SSSR count). The van der Waals surface area contributed by atoms with Crippen molar-refractivity contribution in [3.8, 4) is 0 Å². The predicted octanol–water partition coefficient (Wildman–Crippen LogP) is 4.08. The number of benzene rings is 1. The van der Waals surface area contributed by atoms with Gasteiger partial charge in [-0.2, -0.15) is 5.10 Å². The molecular formula is C21H24N4. The third-order valence-corrected chi connectivity index (χ3v) is 5.00. The highest BCUT2D eigenvalue weighted by Gasteiger charge is 2.29. The number of nitrogens with one attached hydrogen (secondary N) is 1. The van der Waals surface area contributed by atoms with Crippen LogP contribution in [0, 0.1) is 0 Å². The van der Waals surface area contributed by atoms with Crippen molar-refractivity contribution in [2.45, 2.75) is 38.8 Å². The number of hydrogen-bond donors (Lipinski definition) is 1. The maximum Gasteiger partial charge on any atom is 0.0650 e. The molecule has 1 aliphatic heterocycles. The van der Waals surface area contributed by atoms with Crippen LogP contribution in [0.2, 0.25) is 0 Å². The van der Waals surface area contributed by atoms with Gasteiger partial charge in [-0.1, -0.05) is 44.2 Å². The Labute approximate surface area is 148 Å². The maximum atomic E-state index is 4.46. The Morgan fingerprint density at radius 2 is 2.08 bits per heavy atom. The highest BCUT2D eigenvalue weighted by molar-refractivity contribution is 5.39. The lowest BCUT2D eigenvalue weighted by Gasteiger charge is -2.37. The van der Waals surface area contributed by atoms with Gasteiger partial charge < -0.3 is 0 Å². The van der Waals surface area contributed by atoms with Crippen molar-refractivity contribution in [2.75, 3.05) is 6.54 Å². The van der Waals surface area contributed by atoms with Crippen molar-refractivity contribution >= 4 is 0 Å². The number of nitrogens with zero attached hydrogens (tertiary/aromatic N) is 3. The molecule has 0 bridgehead atoms. The number of pyridine rings is 1. The SMILES string of the molecule is CC(C)c1cc(CN2CCc3ccccc3C2c2cccnc2)[nH]n1. The van der Waals surface area contributed by atoms with E-state index in [0.717, 1.165) is 25.2 Å². The Bertz CT molecular complexity index is 838. The van der Waals surface area contributed by atoms with E-state index in [4.69, 9.17) is 0 Å². The summed E-state index contributed by atoms with van der Waals surface area (Å²) in [6, 6.07) is 15.4. The summed E-state index contributed by atoms with van der Waals surface area (Å²) in [5.41, 5.74) is 6.39. The minimum Gasteiger partial charge on any atom is -0.286 e. The third kappa shape index (κ3) is 3.22. The van der Waals surface area contributed by atoms with Gasteiger partial charge in [0.15, 0.2) is 0 Å². The molecule has 0 saturated carbocycles. The van der Waals surface area contributed by atoms with Crippen molar-refractivity contribution in [1.82, 2.24) is 20.1 Å². The van der Waals surface area contributed by atoms with Crippen LogP contribution in [-0.4, -0.2) is 26.6 Å². The summed E-state index contributed by atoms with van der Waals surface area (Å²) in [5, 5.41) is 7.68. The summed E-state index contributed by atoms with van der Waals surface area (Å²) in [4.78, 5) is 6.88. The van der Waals surface area contributed by atoms with Gasteiger partial charge in [0.25, 0.3) is 0 Å². The summed E-state index contributed by atoms with van der Waals surface area (Å²) in [5.74, 6) is 0.446. The fourth-order valence-corrected chi connectivity index (χ4v) is 3.69. The van der Waals surface area contributed by atoms with Crippen molar-refractivity contribution in [3.05, 3.63) is 82.9 Å². The van der Waals surface area contributed by atoms with Crippen LogP contribution in [0.1, 0.15) is 53.9 Å². The fraction of sp³-hybridized carbons (Fsp3) is 0.333. The maximum absolute atomic E-state index is 4.46. The second-order valence-electron chi connectivity index (χ2n) is 7.08. The average Bonchev–Trinajstić information content (AvgIpc) is 3.11. The molecule has 1 atom stereocenters. The van der Waals surface area contributed by atoms with Crippen LogP contribution in [0.25, 0.3) is 0 Å². The van der Waals surface area contributed by atoms with E-state index < -0.39 is 0 Å². The van der Waals surface area contributed by atoms with Gasteiger partial charge in [-0.3, -0.25) is 15.0 Å². The number of hydrogen-bond acceptors (Lipinski definition) is 3. The Hall–Kier alpha value is -2.46. The summed E-state index contributed by atoms with van der Waals surface area (Å²) >= 11 is 0. The van der Waals surface area contributed by atoms with Crippen molar-refractivity contribution in [2.24, 2.45) is 0 Å². The number of aromatic nitrogens is 3. The second-order valence-corrected chi connectivity index (χ2v) is 7.08. The molecule has 2 aromatic heterocycles. The van der Waals surface area contributed by atoms with E-state index in [-0.39, 0.29) is 6.04 Å². The number of rotatable bonds is 4.